The lowest BCUT2D eigenvalue weighted by Crippen LogP contribution is -2.40. The third-order valence-electron chi connectivity index (χ3n) is 4.20. The number of aromatic amines is 1. The third-order valence-corrected chi connectivity index (χ3v) is 4.20. The summed E-state index contributed by atoms with van der Waals surface area (Å²) in [5.74, 6) is -0.628. The van der Waals surface area contributed by atoms with Crippen LogP contribution in [0, 0.1) is 12.7 Å². The fourth-order valence-electron chi connectivity index (χ4n) is 2.96. The summed E-state index contributed by atoms with van der Waals surface area (Å²) in [4.78, 5) is 29.2. The molecule has 3 rings (SSSR count). The molecule has 0 aliphatic carbocycles. The van der Waals surface area contributed by atoms with Gasteiger partial charge in [-0.05, 0) is 43.5 Å². The number of H-pyrrole nitrogens is 1. The standard InChI is InChI=1S/C17H17FN2O2/c1-10-7-16(21)15(9-19-10)17(22)20-6-5-12-3-4-13(18)8-14(12)11(20)2/h3-4,7-9,11H,5-6H2,1-2H3,(H,19,21). The summed E-state index contributed by atoms with van der Waals surface area (Å²) in [5, 5.41) is 0. The molecule has 0 saturated carbocycles. The van der Waals surface area contributed by atoms with E-state index in [-0.39, 0.29) is 28.8 Å². The number of hydrogen-bond acceptors (Lipinski definition) is 2. The minimum absolute atomic E-state index is 0.123. The molecule has 1 amide bonds. The smallest absolute Gasteiger partial charge is 0.259 e. The van der Waals surface area contributed by atoms with Crippen molar-refractivity contribution in [3.05, 3.63) is 68.9 Å². The van der Waals surface area contributed by atoms with Gasteiger partial charge in [-0.1, -0.05) is 6.07 Å². The second kappa shape index (κ2) is 5.40. The highest BCUT2D eigenvalue weighted by Crippen LogP contribution is 2.30. The number of hydrogen-bond donors (Lipinski definition) is 1. The second-order valence-corrected chi connectivity index (χ2v) is 5.66. The van der Waals surface area contributed by atoms with Crippen LogP contribution in [0.25, 0.3) is 0 Å². The van der Waals surface area contributed by atoms with Crippen molar-refractivity contribution >= 4 is 5.91 Å². The zero-order chi connectivity index (χ0) is 15.9. The SMILES string of the molecule is Cc1cc(=O)c(C(=O)N2CCc3ccc(F)cc3C2C)c[nH]1. The Labute approximate surface area is 127 Å². The Hall–Kier alpha value is -2.43. The van der Waals surface area contributed by atoms with Crippen LogP contribution in [0.5, 0.6) is 0 Å². The molecule has 2 aromatic rings. The number of benzene rings is 1. The van der Waals surface area contributed by atoms with Crippen LogP contribution < -0.4 is 5.43 Å². The van der Waals surface area contributed by atoms with Gasteiger partial charge >= 0.3 is 0 Å². The molecule has 0 spiro atoms. The molecule has 1 unspecified atom stereocenters. The fourth-order valence-corrected chi connectivity index (χ4v) is 2.96. The van der Waals surface area contributed by atoms with Gasteiger partial charge < -0.3 is 9.88 Å². The van der Waals surface area contributed by atoms with E-state index in [0.29, 0.717) is 18.7 Å². The summed E-state index contributed by atoms with van der Waals surface area (Å²) >= 11 is 0. The first-order valence-corrected chi connectivity index (χ1v) is 7.26. The van der Waals surface area contributed by atoms with E-state index in [9.17, 15) is 14.0 Å². The lowest BCUT2D eigenvalue weighted by atomic mass is 9.93. The van der Waals surface area contributed by atoms with Gasteiger partial charge in [-0.2, -0.15) is 0 Å². The highest BCUT2D eigenvalue weighted by Gasteiger charge is 2.29. The van der Waals surface area contributed by atoms with Crippen LogP contribution >= 0.6 is 0 Å². The zero-order valence-corrected chi connectivity index (χ0v) is 12.5. The number of halogens is 1. The number of fused-ring (bicyclic) bond motifs is 1. The number of pyridine rings is 1. The Morgan fingerprint density at radius 3 is 2.86 bits per heavy atom. The summed E-state index contributed by atoms with van der Waals surface area (Å²) in [6.45, 7) is 4.14. The highest BCUT2D eigenvalue weighted by atomic mass is 19.1. The minimum Gasteiger partial charge on any atom is -0.364 e. The predicted octanol–water partition coefficient (Wildman–Crippen LogP) is 2.58. The van der Waals surface area contributed by atoms with Gasteiger partial charge in [-0.15, -0.1) is 0 Å². The lowest BCUT2D eigenvalue weighted by Gasteiger charge is -2.35. The monoisotopic (exact) mass is 300 g/mol. The van der Waals surface area contributed by atoms with E-state index in [2.05, 4.69) is 4.98 Å². The van der Waals surface area contributed by atoms with Crippen molar-refractivity contribution < 1.29 is 9.18 Å². The van der Waals surface area contributed by atoms with E-state index < -0.39 is 0 Å². The molecule has 0 fully saturated rings. The molecule has 22 heavy (non-hydrogen) atoms. The van der Waals surface area contributed by atoms with Crippen LogP contribution in [0.15, 0.2) is 35.3 Å². The van der Waals surface area contributed by atoms with E-state index in [4.69, 9.17) is 0 Å². The first-order valence-electron chi connectivity index (χ1n) is 7.26. The van der Waals surface area contributed by atoms with Gasteiger partial charge in [0, 0.05) is 24.5 Å². The maximum atomic E-state index is 13.5. The number of carbonyl (C=O) groups excluding carboxylic acids is 1. The average molecular weight is 300 g/mol. The largest absolute Gasteiger partial charge is 0.364 e. The summed E-state index contributed by atoms with van der Waals surface area (Å²) in [7, 11) is 0. The molecule has 0 saturated heterocycles. The number of aryl methyl sites for hydroxylation is 1. The van der Waals surface area contributed by atoms with E-state index in [0.717, 1.165) is 11.1 Å². The Bertz CT molecular complexity index is 797. The molecule has 1 aromatic heterocycles. The second-order valence-electron chi connectivity index (χ2n) is 5.66. The Kier molecular flexibility index (Phi) is 3.56. The Morgan fingerprint density at radius 2 is 2.14 bits per heavy atom. The van der Waals surface area contributed by atoms with Crippen molar-refractivity contribution in [3.63, 3.8) is 0 Å². The third kappa shape index (κ3) is 2.43. The van der Waals surface area contributed by atoms with E-state index >= 15 is 0 Å². The molecule has 2 heterocycles. The Balaban J connectivity index is 1.96. The molecule has 1 N–H and O–H groups in total. The minimum atomic E-state index is -0.316. The number of aromatic nitrogens is 1. The topological polar surface area (TPSA) is 53.2 Å². The molecule has 4 nitrogen and oxygen atoms in total. The summed E-state index contributed by atoms with van der Waals surface area (Å²) in [5.41, 5.74) is 2.40. The van der Waals surface area contributed by atoms with Gasteiger partial charge in [0.2, 0.25) is 0 Å². The Morgan fingerprint density at radius 1 is 1.36 bits per heavy atom. The number of nitrogens with one attached hydrogen (secondary N) is 1. The molecule has 1 atom stereocenters. The highest BCUT2D eigenvalue weighted by molar-refractivity contribution is 5.94. The van der Waals surface area contributed by atoms with Crippen LogP contribution in [0.1, 0.15) is 40.1 Å². The van der Waals surface area contributed by atoms with Gasteiger partial charge in [0.05, 0.1) is 6.04 Å². The first-order chi connectivity index (χ1) is 10.5. The number of nitrogens with zero attached hydrogens (tertiary/aromatic N) is 1. The van der Waals surface area contributed by atoms with Gasteiger partial charge in [0.15, 0.2) is 5.43 Å². The van der Waals surface area contributed by atoms with Gasteiger partial charge in [-0.25, -0.2) is 4.39 Å². The quantitative estimate of drug-likeness (QED) is 0.880. The zero-order valence-electron chi connectivity index (χ0n) is 12.5. The first kappa shape index (κ1) is 14.5. The maximum absolute atomic E-state index is 13.5. The van der Waals surface area contributed by atoms with Crippen LogP contribution in [-0.2, 0) is 6.42 Å². The van der Waals surface area contributed by atoms with Gasteiger partial charge in [0.25, 0.3) is 5.91 Å². The van der Waals surface area contributed by atoms with Crippen LogP contribution in [0.2, 0.25) is 0 Å². The van der Waals surface area contributed by atoms with Crippen molar-refractivity contribution in [1.82, 2.24) is 9.88 Å². The van der Waals surface area contributed by atoms with Crippen molar-refractivity contribution in [2.24, 2.45) is 0 Å². The normalized spacial score (nSPS) is 17.2. The number of rotatable bonds is 1. The van der Waals surface area contributed by atoms with Crippen LogP contribution in [0.4, 0.5) is 4.39 Å². The molecule has 0 radical (unpaired) electrons. The van der Waals surface area contributed by atoms with Crippen molar-refractivity contribution in [2.45, 2.75) is 26.3 Å². The summed E-state index contributed by atoms with van der Waals surface area (Å²) in [6.07, 6.45) is 2.11. The van der Waals surface area contributed by atoms with Crippen molar-refractivity contribution in [1.29, 1.82) is 0 Å². The summed E-state index contributed by atoms with van der Waals surface area (Å²) in [6, 6.07) is 5.83. The van der Waals surface area contributed by atoms with Crippen LogP contribution in [0.3, 0.4) is 0 Å². The molecule has 0 bridgehead atoms. The molecular formula is C17H17FN2O2. The van der Waals surface area contributed by atoms with Crippen LogP contribution in [-0.4, -0.2) is 22.3 Å². The average Bonchev–Trinajstić information content (AvgIpc) is 2.47. The summed E-state index contributed by atoms with van der Waals surface area (Å²) < 4.78 is 13.5. The van der Waals surface area contributed by atoms with Gasteiger partial charge in [-0.3, -0.25) is 9.59 Å². The predicted molar refractivity (Wildman–Crippen MR) is 81.4 cm³/mol. The number of amides is 1. The molecule has 114 valence electrons. The number of carbonyl (C=O) groups is 1. The maximum Gasteiger partial charge on any atom is 0.259 e. The fraction of sp³-hybridized carbons (Fsp3) is 0.294. The molecule has 1 aromatic carbocycles. The van der Waals surface area contributed by atoms with Gasteiger partial charge in [0.1, 0.15) is 11.4 Å². The molecular weight excluding hydrogens is 283 g/mol. The molecule has 1 aliphatic rings. The van der Waals surface area contributed by atoms with E-state index in [1.165, 1.54) is 24.4 Å². The lowest BCUT2D eigenvalue weighted by molar-refractivity contribution is 0.0675. The van der Waals surface area contributed by atoms with E-state index in [1.54, 1.807) is 17.9 Å². The molecule has 5 heteroatoms. The van der Waals surface area contributed by atoms with Crippen molar-refractivity contribution in [3.8, 4) is 0 Å². The van der Waals surface area contributed by atoms with E-state index in [1.807, 2.05) is 6.92 Å². The van der Waals surface area contributed by atoms with Crippen molar-refractivity contribution in [2.75, 3.05) is 6.54 Å². The molecule has 1 aliphatic heterocycles.